The predicted molar refractivity (Wildman–Crippen MR) is 270 cm³/mol. The summed E-state index contributed by atoms with van der Waals surface area (Å²) in [6, 6.07) is 0. The van der Waals surface area contributed by atoms with E-state index in [2.05, 4.69) is 130 Å². The summed E-state index contributed by atoms with van der Waals surface area (Å²) in [7, 11) is 0. The van der Waals surface area contributed by atoms with E-state index >= 15 is 0 Å². The lowest BCUT2D eigenvalue weighted by molar-refractivity contribution is -0.167. The van der Waals surface area contributed by atoms with Gasteiger partial charge in [0.25, 0.3) is 0 Å². The number of hydrogen-bond acceptors (Lipinski definition) is 6. The molecular weight excluding hydrogens is 781 g/mol. The summed E-state index contributed by atoms with van der Waals surface area (Å²) in [6.45, 7) is 6.41. The van der Waals surface area contributed by atoms with Gasteiger partial charge >= 0.3 is 17.9 Å². The molecular formula is C57H92O6. The van der Waals surface area contributed by atoms with E-state index in [-0.39, 0.29) is 31.1 Å². The summed E-state index contributed by atoms with van der Waals surface area (Å²) in [5.74, 6) is -0.971. The lowest BCUT2D eigenvalue weighted by Crippen LogP contribution is -2.30. The van der Waals surface area contributed by atoms with Crippen molar-refractivity contribution in [2.45, 2.75) is 219 Å². The first-order valence-electron chi connectivity index (χ1n) is 25.5. The normalized spacial score (nSPS) is 13.0. The topological polar surface area (TPSA) is 78.9 Å². The molecule has 0 aliphatic rings. The van der Waals surface area contributed by atoms with Crippen molar-refractivity contribution in [1.29, 1.82) is 0 Å². The Bertz CT molecular complexity index is 1260. The third-order valence-corrected chi connectivity index (χ3v) is 10.4. The van der Waals surface area contributed by atoms with Crippen molar-refractivity contribution < 1.29 is 28.6 Å². The Morgan fingerprint density at radius 2 is 0.571 bits per heavy atom. The lowest BCUT2D eigenvalue weighted by Gasteiger charge is -2.18. The maximum atomic E-state index is 12.8. The van der Waals surface area contributed by atoms with Crippen molar-refractivity contribution in [3.8, 4) is 0 Å². The quantitative estimate of drug-likeness (QED) is 0.0263. The van der Waals surface area contributed by atoms with Gasteiger partial charge in [0.1, 0.15) is 13.2 Å². The zero-order valence-corrected chi connectivity index (χ0v) is 40.5. The molecule has 0 rings (SSSR count). The predicted octanol–water partition coefficient (Wildman–Crippen LogP) is 16.8. The molecule has 356 valence electrons. The second-order valence-corrected chi connectivity index (χ2v) is 16.5. The van der Waals surface area contributed by atoms with E-state index in [9.17, 15) is 14.4 Å². The van der Waals surface area contributed by atoms with Crippen molar-refractivity contribution in [3.63, 3.8) is 0 Å². The third-order valence-electron chi connectivity index (χ3n) is 10.4. The number of hydrogen-bond donors (Lipinski definition) is 0. The number of carbonyl (C=O) groups is 3. The standard InChI is InChI=1S/C57H92O6/c1-4-7-10-13-16-19-22-25-28-31-34-37-40-43-46-49-55(58)61-52-54(63-57(60)51-48-45-42-39-36-33-30-27-24-21-18-15-12-9-6-3)53-62-56(59)50-47-44-41-38-35-32-29-26-23-20-17-14-11-8-5-2/h13-30,54H,4-12,31-53H2,1-3H3/b16-13-,17-14+,18-15+,22-19+,23-20-,24-21-,28-25-,29-26-,30-27-. The van der Waals surface area contributed by atoms with Crippen LogP contribution in [0.25, 0.3) is 0 Å². The molecule has 0 radical (unpaired) electrons. The van der Waals surface area contributed by atoms with Crippen LogP contribution < -0.4 is 0 Å². The Morgan fingerprint density at radius 3 is 0.873 bits per heavy atom. The lowest BCUT2D eigenvalue weighted by atomic mass is 10.1. The smallest absolute Gasteiger partial charge is 0.306 e. The molecule has 0 amide bonds. The Balaban J connectivity index is 4.53. The van der Waals surface area contributed by atoms with Crippen molar-refractivity contribution in [2.24, 2.45) is 0 Å². The number of allylic oxidation sites excluding steroid dienone is 18. The Kier molecular flexibility index (Phi) is 47.5. The summed E-state index contributed by atoms with van der Waals surface area (Å²) in [6.07, 6.45) is 67.7. The molecule has 1 atom stereocenters. The van der Waals surface area contributed by atoms with Crippen LogP contribution in [0.2, 0.25) is 0 Å². The van der Waals surface area contributed by atoms with Gasteiger partial charge in [0.15, 0.2) is 6.10 Å². The summed E-state index contributed by atoms with van der Waals surface area (Å²) in [5, 5.41) is 0. The van der Waals surface area contributed by atoms with E-state index in [4.69, 9.17) is 14.2 Å². The van der Waals surface area contributed by atoms with Crippen LogP contribution >= 0.6 is 0 Å². The SMILES string of the molecule is CCCC\C=C/C=C/C=C\CCCCCCCC(=O)OCC(COC(=O)CCCCCCC\C=C/C=C\C=C\CCCC)OC(=O)CCCCCCC\C=C/C=C\C=C\CCCC. The molecule has 0 heterocycles. The Morgan fingerprint density at radius 1 is 0.317 bits per heavy atom. The molecule has 1 unspecified atom stereocenters. The van der Waals surface area contributed by atoms with Crippen LogP contribution in [-0.2, 0) is 28.6 Å². The minimum absolute atomic E-state index is 0.106. The molecule has 6 heteroatoms. The van der Waals surface area contributed by atoms with E-state index in [1.54, 1.807) is 0 Å². The molecule has 0 aromatic rings. The van der Waals surface area contributed by atoms with Crippen molar-refractivity contribution in [2.75, 3.05) is 13.2 Å². The van der Waals surface area contributed by atoms with Gasteiger partial charge < -0.3 is 14.2 Å². The summed E-state index contributed by atoms with van der Waals surface area (Å²) in [5.41, 5.74) is 0. The van der Waals surface area contributed by atoms with Crippen LogP contribution in [0.15, 0.2) is 109 Å². The third kappa shape index (κ3) is 49.0. The van der Waals surface area contributed by atoms with Crippen molar-refractivity contribution >= 4 is 17.9 Å². The van der Waals surface area contributed by atoms with Gasteiger partial charge in [-0.1, -0.05) is 226 Å². The van der Waals surface area contributed by atoms with E-state index in [1.807, 2.05) is 0 Å². The summed E-state index contributed by atoms with van der Waals surface area (Å²) in [4.78, 5) is 38.0. The minimum atomic E-state index is -0.807. The summed E-state index contributed by atoms with van der Waals surface area (Å²) >= 11 is 0. The fourth-order valence-electron chi connectivity index (χ4n) is 6.46. The molecule has 0 aliphatic heterocycles. The van der Waals surface area contributed by atoms with Crippen LogP contribution in [-0.4, -0.2) is 37.2 Å². The van der Waals surface area contributed by atoms with Crippen molar-refractivity contribution in [3.05, 3.63) is 109 Å². The van der Waals surface area contributed by atoms with Gasteiger partial charge in [-0.15, -0.1) is 0 Å². The molecule has 0 saturated heterocycles. The largest absolute Gasteiger partial charge is 0.462 e. The Hall–Kier alpha value is -3.93. The molecule has 0 aliphatic carbocycles. The van der Waals surface area contributed by atoms with E-state index in [0.29, 0.717) is 19.3 Å². The van der Waals surface area contributed by atoms with E-state index in [1.165, 1.54) is 38.5 Å². The highest BCUT2D eigenvalue weighted by Gasteiger charge is 2.19. The van der Waals surface area contributed by atoms with Gasteiger partial charge in [-0.2, -0.15) is 0 Å². The van der Waals surface area contributed by atoms with Gasteiger partial charge in [-0.3, -0.25) is 14.4 Å². The highest BCUT2D eigenvalue weighted by atomic mass is 16.6. The van der Waals surface area contributed by atoms with Crippen LogP contribution in [0.4, 0.5) is 0 Å². The van der Waals surface area contributed by atoms with E-state index < -0.39 is 6.10 Å². The average molecular weight is 873 g/mol. The highest BCUT2D eigenvalue weighted by Crippen LogP contribution is 2.13. The van der Waals surface area contributed by atoms with Crippen LogP contribution in [0.5, 0.6) is 0 Å². The summed E-state index contributed by atoms with van der Waals surface area (Å²) < 4.78 is 16.7. The fraction of sp³-hybridized carbons (Fsp3) is 0.632. The van der Waals surface area contributed by atoms with Crippen LogP contribution in [0, 0.1) is 0 Å². The second-order valence-electron chi connectivity index (χ2n) is 16.5. The monoisotopic (exact) mass is 873 g/mol. The fourth-order valence-corrected chi connectivity index (χ4v) is 6.46. The molecule has 0 aromatic heterocycles. The Labute approximate surface area is 387 Å². The average Bonchev–Trinajstić information content (AvgIpc) is 3.28. The molecule has 6 nitrogen and oxygen atoms in total. The number of rotatable bonds is 44. The van der Waals surface area contributed by atoms with E-state index in [0.717, 1.165) is 135 Å². The highest BCUT2D eigenvalue weighted by molar-refractivity contribution is 5.71. The maximum absolute atomic E-state index is 12.8. The van der Waals surface area contributed by atoms with Gasteiger partial charge in [-0.05, 0) is 77.0 Å². The zero-order valence-electron chi connectivity index (χ0n) is 40.5. The first kappa shape index (κ1) is 59.1. The molecule has 0 spiro atoms. The first-order chi connectivity index (χ1) is 31.0. The number of ether oxygens (including phenoxy) is 3. The molecule has 0 fully saturated rings. The molecule has 0 N–H and O–H groups in total. The zero-order chi connectivity index (χ0) is 45.8. The molecule has 0 bridgehead atoms. The van der Waals surface area contributed by atoms with Gasteiger partial charge in [0.2, 0.25) is 0 Å². The van der Waals surface area contributed by atoms with Crippen molar-refractivity contribution in [1.82, 2.24) is 0 Å². The molecule has 0 saturated carbocycles. The number of unbranched alkanes of at least 4 members (excludes halogenated alkanes) is 21. The van der Waals surface area contributed by atoms with Gasteiger partial charge in [-0.25, -0.2) is 0 Å². The molecule has 0 aromatic carbocycles. The molecule has 63 heavy (non-hydrogen) atoms. The second kappa shape index (κ2) is 50.7. The number of esters is 3. The van der Waals surface area contributed by atoms with Gasteiger partial charge in [0, 0.05) is 19.3 Å². The minimum Gasteiger partial charge on any atom is -0.462 e. The van der Waals surface area contributed by atoms with Crippen LogP contribution in [0.3, 0.4) is 0 Å². The maximum Gasteiger partial charge on any atom is 0.306 e. The number of carbonyl (C=O) groups excluding carboxylic acids is 3. The van der Waals surface area contributed by atoms with Crippen LogP contribution in [0.1, 0.15) is 213 Å². The van der Waals surface area contributed by atoms with Gasteiger partial charge in [0.05, 0.1) is 0 Å². The first-order valence-corrected chi connectivity index (χ1v) is 25.5.